The number of oxime groups is 1. The Morgan fingerprint density at radius 3 is 2.59 bits per heavy atom. The van der Waals surface area contributed by atoms with Gasteiger partial charge in [-0.3, -0.25) is 14.4 Å². The van der Waals surface area contributed by atoms with Crippen LogP contribution < -0.4 is 10.6 Å². The number of carbonyl (C=O) groups is 3. The summed E-state index contributed by atoms with van der Waals surface area (Å²) in [6.07, 6.45) is 1.79. The molecule has 12 heteroatoms. The highest BCUT2D eigenvalue weighted by molar-refractivity contribution is 6.22. The number of nitrogens with zero attached hydrogens (tertiary/aromatic N) is 2. The molecule has 4 aliphatic rings. The summed E-state index contributed by atoms with van der Waals surface area (Å²) in [5, 5.41) is 48.8. The monoisotopic (exact) mass is 541 g/mol. The predicted octanol–water partition coefficient (Wildman–Crippen LogP) is 1.34. The second-order valence-corrected chi connectivity index (χ2v) is 10.7. The number of anilines is 1. The highest BCUT2D eigenvalue weighted by Gasteiger charge is 2.60. The number of phenolic OH excluding ortho intramolecular Hbond substituents is 1. The Morgan fingerprint density at radius 2 is 1.95 bits per heavy atom. The summed E-state index contributed by atoms with van der Waals surface area (Å²) in [5.41, 5.74) is 3.41. The van der Waals surface area contributed by atoms with Gasteiger partial charge in [0.15, 0.2) is 11.4 Å². The van der Waals surface area contributed by atoms with E-state index in [2.05, 4.69) is 5.16 Å². The van der Waals surface area contributed by atoms with E-state index in [0.717, 1.165) is 0 Å². The van der Waals surface area contributed by atoms with Crippen LogP contribution in [0.15, 0.2) is 28.1 Å². The van der Waals surface area contributed by atoms with Gasteiger partial charge >= 0.3 is 0 Å². The number of hydrogen-bond donors (Lipinski definition) is 5. The van der Waals surface area contributed by atoms with Gasteiger partial charge in [0.25, 0.3) is 5.91 Å². The zero-order valence-corrected chi connectivity index (χ0v) is 21.8. The molecule has 1 saturated carbocycles. The Bertz CT molecular complexity index is 1380. The van der Waals surface area contributed by atoms with Crippen LogP contribution in [-0.2, 0) is 30.4 Å². The summed E-state index contributed by atoms with van der Waals surface area (Å²) in [7, 11) is 5.05. The summed E-state index contributed by atoms with van der Waals surface area (Å²) >= 11 is 0. The normalized spacial score (nSPS) is 30.4. The fourth-order valence-electron chi connectivity index (χ4n) is 6.46. The van der Waals surface area contributed by atoms with Gasteiger partial charge in [0.1, 0.15) is 30.0 Å². The number of aromatic hydroxyl groups is 1. The summed E-state index contributed by atoms with van der Waals surface area (Å²) in [6.45, 7) is 0. The molecule has 1 aliphatic heterocycles. The summed E-state index contributed by atoms with van der Waals surface area (Å²) in [4.78, 5) is 44.7. The molecule has 1 aromatic carbocycles. The Hall–Kier alpha value is -3.90. The molecular weight excluding hydrogens is 510 g/mol. The van der Waals surface area contributed by atoms with Crippen LogP contribution in [-0.4, -0.2) is 77.0 Å². The number of amides is 1. The number of aliphatic hydroxyl groups is 3. The lowest BCUT2D eigenvalue weighted by molar-refractivity contribution is -0.147. The molecule has 1 amide bonds. The quantitative estimate of drug-likeness (QED) is 0.206. The third-order valence-electron chi connectivity index (χ3n) is 8.28. The maximum absolute atomic E-state index is 13.8. The van der Waals surface area contributed by atoms with Crippen LogP contribution in [0.25, 0.3) is 5.76 Å². The van der Waals surface area contributed by atoms with E-state index < -0.39 is 58.1 Å². The zero-order chi connectivity index (χ0) is 28.4. The van der Waals surface area contributed by atoms with E-state index >= 15 is 0 Å². The topological polar surface area (TPSA) is 192 Å². The number of rotatable bonds is 5. The number of ether oxygens (including phenoxy) is 1. The number of benzene rings is 1. The van der Waals surface area contributed by atoms with Crippen LogP contribution in [0.2, 0.25) is 0 Å². The van der Waals surface area contributed by atoms with Gasteiger partial charge in [-0.15, -0.1) is 0 Å². The maximum Gasteiger partial charge on any atom is 0.255 e. The van der Waals surface area contributed by atoms with Crippen LogP contribution in [0.3, 0.4) is 0 Å². The number of carbonyl (C=O) groups excluding carboxylic acids is 3. The van der Waals surface area contributed by atoms with Gasteiger partial charge in [0.2, 0.25) is 5.78 Å². The van der Waals surface area contributed by atoms with Crippen molar-refractivity contribution < 1.29 is 44.4 Å². The molecule has 1 aromatic rings. The molecule has 5 rings (SSSR count). The van der Waals surface area contributed by atoms with Crippen molar-refractivity contribution >= 4 is 35.1 Å². The van der Waals surface area contributed by atoms with Crippen molar-refractivity contribution in [3.05, 3.63) is 39.7 Å². The van der Waals surface area contributed by atoms with Crippen molar-refractivity contribution in [1.29, 1.82) is 0 Å². The summed E-state index contributed by atoms with van der Waals surface area (Å²) in [5.74, 6) is -6.54. The first-order valence-electron chi connectivity index (χ1n) is 12.7. The molecule has 0 radical (unpaired) electrons. The minimum Gasteiger partial charge on any atom is -0.508 e. The zero-order valence-electron chi connectivity index (χ0n) is 21.8. The van der Waals surface area contributed by atoms with E-state index in [4.69, 9.17) is 15.3 Å². The number of nitrogens with two attached hydrogens (primary N) is 1. The third kappa shape index (κ3) is 3.89. The first-order valence-corrected chi connectivity index (χ1v) is 12.7. The highest BCUT2D eigenvalue weighted by Crippen LogP contribution is 2.54. The SMILES string of the molecule is CO/N=C/C1CCC(c2cc(N(C)C)c3c(c2O)C(O)=C2C(=O)[C@]4(O)C(O)=C(C(N)=O)C(=O)C[C@@H]4C[C@@H]2C3)O1. The van der Waals surface area contributed by atoms with Crippen molar-refractivity contribution in [2.75, 3.05) is 26.1 Å². The van der Waals surface area contributed by atoms with E-state index in [9.17, 15) is 34.8 Å². The lowest BCUT2D eigenvalue weighted by atomic mass is 9.59. The van der Waals surface area contributed by atoms with Crippen LogP contribution in [0.1, 0.15) is 48.5 Å². The minimum absolute atomic E-state index is 0.0425. The molecule has 0 spiro atoms. The van der Waals surface area contributed by atoms with Gasteiger partial charge in [-0.25, -0.2) is 0 Å². The first kappa shape index (κ1) is 26.7. The van der Waals surface area contributed by atoms with E-state index in [1.807, 2.05) is 19.0 Å². The van der Waals surface area contributed by atoms with Gasteiger partial charge in [-0.05, 0) is 43.2 Å². The summed E-state index contributed by atoms with van der Waals surface area (Å²) < 4.78 is 6.04. The molecule has 2 fully saturated rings. The van der Waals surface area contributed by atoms with Crippen LogP contribution in [0.5, 0.6) is 5.75 Å². The average molecular weight is 542 g/mol. The number of ketones is 2. The van der Waals surface area contributed by atoms with Crippen molar-refractivity contribution in [3.63, 3.8) is 0 Å². The molecule has 39 heavy (non-hydrogen) atoms. The second-order valence-electron chi connectivity index (χ2n) is 10.7. The maximum atomic E-state index is 13.8. The van der Waals surface area contributed by atoms with E-state index in [1.54, 1.807) is 6.07 Å². The van der Waals surface area contributed by atoms with E-state index in [1.165, 1.54) is 13.3 Å². The largest absolute Gasteiger partial charge is 0.508 e. The first-order chi connectivity index (χ1) is 18.4. The summed E-state index contributed by atoms with van der Waals surface area (Å²) in [6, 6.07) is 1.80. The number of Topliss-reactive ketones (excluding diaryl/α,β-unsaturated/α-hetero) is 2. The Morgan fingerprint density at radius 1 is 1.23 bits per heavy atom. The fraction of sp³-hybridized carbons (Fsp3) is 0.481. The smallest absolute Gasteiger partial charge is 0.255 e. The number of fused-ring (bicyclic) bond motifs is 3. The molecule has 2 unspecified atom stereocenters. The van der Waals surface area contributed by atoms with Crippen molar-refractivity contribution in [2.45, 2.75) is 49.9 Å². The predicted molar refractivity (Wildman–Crippen MR) is 138 cm³/mol. The third-order valence-corrected chi connectivity index (χ3v) is 8.28. The Balaban J connectivity index is 1.65. The van der Waals surface area contributed by atoms with Crippen LogP contribution >= 0.6 is 0 Å². The van der Waals surface area contributed by atoms with Gasteiger partial charge in [0, 0.05) is 43.3 Å². The van der Waals surface area contributed by atoms with Gasteiger partial charge in [-0.2, -0.15) is 0 Å². The lowest BCUT2D eigenvalue weighted by Crippen LogP contribution is -2.58. The number of hydrogen-bond acceptors (Lipinski definition) is 11. The molecule has 1 heterocycles. The van der Waals surface area contributed by atoms with E-state index in [-0.39, 0.29) is 42.3 Å². The molecule has 0 bridgehead atoms. The van der Waals surface area contributed by atoms with Crippen LogP contribution in [0, 0.1) is 11.8 Å². The highest BCUT2D eigenvalue weighted by atomic mass is 16.6. The number of phenols is 1. The standard InChI is InChI=1S/C27H31N3O9/c1-30(2)16-9-15(18-5-4-13(39-18)10-29-38-3)22(32)20-14(16)7-11-6-12-8-17(31)21(26(28)36)25(35)27(12,37)24(34)19(11)23(20)33/h9-13,18,32-33,35,37H,4-8H2,1-3H3,(H2,28,36)/b29-10+/t11-,12+,13?,18?,27+/m1/s1. The minimum atomic E-state index is -2.60. The molecule has 3 aliphatic carbocycles. The molecule has 6 N–H and O–H groups in total. The van der Waals surface area contributed by atoms with Crippen molar-refractivity contribution in [1.82, 2.24) is 0 Å². The number of aliphatic hydroxyl groups excluding tert-OH is 2. The molecule has 5 atom stereocenters. The molecule has 1 saturated heterocycles. The van der Waals surface area contributed by atoms with Crippen LogP contribution in [0.4, 0.5) is 5.69 Å². The van der Waals surface area contributed by atoms with E-state index in [0.29, 0.717) is 29.7 Å². The second kappa shape index (κ2) is 9.38. The fourth-order valence-corrected chi connectivity index (χ4v) is 6.46. The molecule has 12 nitrogen and oxygen atoms in total. The molecular formula is C27H31N3O9. The van der Waals surface area contributed by atoms with Crippen molar-refractivity contribution in [2.24, 2.45) is 22.7 Å². The number of primary amides is 1. The van der Waals surface area contributed by atoms with Gasteiger partial charge < -0.3 is 40.6 Å². The van der Waals surface area contributed by atoms with Gasteiger partial charge in [0.05, 0.1) is 24.0 Å². The average Bonchev–Trinajstić information content (AvgIpc) is 3.33. The Kier molecular flexibility index (Phi) is 6.42. The molecule has 0 aromatic heterocycles. The lowest BCUT2D eigenvalue weighted by Gasteiger charge is -2.46. The Labute approximate surface area is 224 Å². The van der Waals surface area contributed by atoms with Gasteiger partial charge in [-0.1, -0.05) is 5.16 Å². The van der Waals surface area contributed by atoms with Crippen molar-refractivity contribution in [3.8, 4) is 5.75 Å². The molecule has 208 valence electrons.